The zero-order valence-corrected chi connectivity index (χ0v) is 18.7. The van der Waals surface area contributed by atoms with Crippen molar-refractivity contribution in [3.63, 3.8) is 0 Å². The van der Waals surface area contributed by atoms with E-state index in [4.69, 9.17) is 0 Å². The average Bonchev–Trinajstić information content (AvgIpc) is 2.83. The van der Waals surface area contributed by atoms with Gasteiger partial charge in [0.05, 0.1) is 0 Å². The summed E-state index contributed by atoms with van der Waals surface area (Å²) in [6, 6.07) is 12.7. The summed E-state index contributed by atoms with van der Waals surface area (Å²) in [6.45, 7) is 10.7. The van der Waals surface area contributed by atoms with Gasteiger partial charge in [0.25, 0.3) is 0 Å². The van der Waals surface area contributed by atoms with Crippen LogP contribution in [0.5, 0.6) is 0 Å². The summed E-state index contributed by atoms with van der Waals surface area (Å²) >= 11 is 6.94. The lowest BCUT2D eigenvalue weighted by Crippen LogP contribution is -2.03. The highest BCUT2D eigenvalue weighted by Crippen LogP contribution is 2.35. The minimum Gasteiger partial charge on any atom is -0.294 e. The second-order valence-corrected chi connectivity index (χ2v) is 9.14. The minimum atomic E-state index is 0.152. The van der Waals surface area contributed by atoms with Gasteiger partial charge in [-0.25, -0.2) is 0 Å². The number of halogens is 2. The third-order valence-electron chi connectivity index (χ3n) is 4.60. The first-order chi connectivity index (χ1) is 11.7. The van der Waals surface area contributed by atoms with Gasteiger partial charge in [-0.15, -0.1) is 0 Å². The molecule has 0 fully saturated rings. The number of benzene rings is 2. The normalized spacial score (nSPS) is 16.0. The van der Waals surface area contributed by atoms with Crippen molar-refractivity contribution in [1.82, 2.24) is 0 Å². The van der Waals surface area contributed by atoms with Crippen LogP contribution in [0.25, 0.3) is 0 Å². The maximum Gasteiger partial charge on any atom is 0.167 e. The Morgan fingerprint density at radius 3 is 2.12 bits per heavy atom. The van der Waals surface area contributed by atoms with Gasteiger partial charge in [-0.2, -0.15) is 0 Å². The summed E-state index contributed by atoms with van der Waals surface area (Å²) < 4.78 is 2.14. The number of hydrogen-bond donors (Lipinski definition) is 0. The van der Waals surface area contributed by atoms with Crippen molar-refractivity contribution >= 4 is 37.6 Å². The molecule has 0 radical (unpaired) electrons. The topological polar surface area (TPSA) is 17.1 Å². The van der Waals surface area contributed by atoms with Crippen LogP contribution < -0.4 is 0 Å². The molecular formula is C22H26Br2O. The molecule has 1 atom stereocenters. The fourth-order valence-electron chi connectivity index (χ4n) is 2.99. The van der Waals surface area contributed by atoms with Crippen molar-refractivity contribution in [2.24, 2.45) is 5.92 Å². The second-order valence-electron chi connectivity index (χ2n) is 7.37. The molecule has 3 rings (SSSR count). The van der Waals surface area contributed by atoms with E-state index >= 15 is 0 Å². The number of hydrogen-bond acceptors (Lipinski definition) is 1. The van der Waals surface area contributed by atoms with Crippen LogP contribution in [-0.4, -0.2) is 5.78 Å². The van der Waals surface area contributed by atoms with Crippen molar-refractivity contribution in [3.05, 3.63) is 67.6 Å². The smallest absolute Gasteiger partial charge is 0.167 e. The van der Waals surface area contributed by atoms with Gasteiger partial charge >= 0.3 is 0 Å². The Morgan fingerprint density at radius 1 is 0.960 bits per heavy atom. The second kappa shape index (κ2) is 8.64. The maximum absolute atomic E-state index is 11.9. The van der Waals surface area contributed by atoms with E-state index in [0.717, 1.165) is 16.5 Å². The molecule has 1 unspecified atom stereocenters. The number of carbonyl (C=O) groups excluding carboxylic acids is 1. The van der Waals surface area contributed by atoms with Crippen LogP contribution in [0.1, 0.15) is 73.5 Å². The molecule has 0 spiro atoms. The van der Waals surface area contributed by atoms with Gasteiger partial charge in [0.15, 0.2) is 5.78 Å². The third kappa shape index (κ3) is 5.04. The summed E-state index contributed by atoms with van der Waals surface area (Å²) in [5.41, 5.74) is 4.81. The molecule has 134 valence electrons. The third-order valence-corrected chi connectivity index (χ3v) is 5.71. The number of fused-ring (bicyclic) bond motifs is 1. The Hall–Kier alpha value is -0.930. The lowest BCUT2D eigenvalue weighted by atomic mass is 9.98. The first-order valence-electron chi connectivity index (χ1n) is 8.82. The molecule has 2 aromatic rings. The lowest BCUT2D eigenvalue weighted by Gasteiger charge is -2.09. The number of ketones is 1. The van der Waals surface area contributed by atoms with Crippen LogP contribution in [0.3, 0.4) is 0 Å². The molecule has 3 heteroatoms. The van der Waals surface area contributed by atoms with Crippen LogP contribution in [0.4, 0.5) is 0 Å². The van der Waals surface area contributed by atoms with E-state index in [-0.39, 0.29) is 11.7 Å². The molecule has 2 aromatic carbocycles. The van der Waals surface area contributed by atoms with Crippen molar-refractivity contribution < 1.29 is 4.79 Å². The molecule has 0 saturated heterocycles. The van der Waals surface area contributed by atoms with Crippen molar-refractivity contribution in [2.45, 2.75) is 52.9 Å². The summed E-state index contributed by atoms with van der Waals surface area (Å²) in [4.78, 5) is 11.9. The van der Waals surface area contributed by atoms with Crippen LogP contribution in [0.15, 0.2) is 45.3 Å². The molecular weight excluding hydrogens is 440 g/mol. The number of Topliss-reactive ketones (excluding diaryl/α,β-unsaturated/α-hetero) is 1. The van der Waals surface area contributed by atoms with Gasteiger partial charge in [0.2, 0.25) is 0 Å². The predicted octanol–water partition coefficient (Wildman–Crippen LogP) is 7.52. The first-order valence-corrected chi connectivity index (χ1v) is 10.4. The van der Waals surface area contributed by atoms with Gasteiger partial charge in [-0.1, -0.05) is 84.7 Å². The Morgan fingerprint density at radius 2 is 1.60 bits per heavy atom. The Labute approximate surface area is 168 Å². The van der Waals surface area contributed by atoms with E-state index in [9.17, 15) is 4.79 Å². The van der Waals surface area contributed by atoms with Crippen molar-refractivity contribution in [3.8, 4) is 0 Å². The van der Waals surface area contributed by atoms with Gasteiger partial charge in [0.1, 0.15) is 0 Å². The zero-order valence-electron chi connectivity index (χ0n) is 15.6. The minimum absolute atomic E-state index is 0.152. The molecule has 0 N–H and O–H groups in total. The van der Waals surface area contributed by atoms with Crippen LogP contribution in [-0.2, 0) is 6.42 Å². The fraction of sp³-hybridized carbons (Fsp3) is 0.409. The van der Waals surface area contributed by atoms with Crippen molar-refractivity contribution in [1.29, 1.82) is 0 Å². The van der Waals surface area contributed by atoms with E-state index in [2.05, 4.69) is 89.9 Å². The molecule has 0 aliphatic heterocycles. The SMILES string of the molecule is CC(C)c1cccc(Br)c1.CC1Cc2cc(C(C)C)cc(Br)c2C1=O. The zero-order chi connectivity index (χ0) is 18.7. The molecule has 1 aliphatic rings. The van der Waals surface area contributed by atoms with E-state index in [1.807, 2.05) is 13.0 Å². The summed E-state index contributed by atoms with van der Waals surface area (Å²) in [5.74, 6) is 1.57. The molecule has 0 bridgehead atoms. The molecule has 1 nitrogen and oxygen atoms in total. The fourth-order valence-corrected chi connectivity index (χ4v) is 4.12. The molecule has 1 aliphatic carbocycles. The first kappa shape index (κ1) is 20.4. The number of carbonyl (C=O) groups is 1. The van der Waals surface area contributed by atoms with E-state index in [1.165, 1.54) is 21.2 Å². The van der Waals surface area contributed by atoms with Crippen LogP contribution in [0, 0.1) is 5.92 Å². The highest BCUT2D eigenvalue weighted by molar-refractivity contribution is 9.10. The average molecular weight is 466 g/mol. The highest BCUT2D eigenvalue weighted by Gasteiger charge is 2.29. The summed E-state index contributed by atoms with van der Waals surface area (Å²) in [7, 11) is 0. The van der Waals surface area contributed by atoms with Crippen LogP contribution in [0.2, 0.25) is 0 Å². The Balaban J connectivity index is 0.000000196. The molecule has 0 amide bonds. The van der Waals surface area contributed by atoms with Gasteiger partial charge in [-0.05, 0) is 53.1 Å². The van der Waals surface area contributed by atoms with Crippen molar-refractivity contribution in [2.75, 3.05) is 0 Å². The predicted molar refractivity (Wildman–Crippen MR) is 114 cm³/mol. The van der Waals surface area contributed by atoms with Crippen LogP contribution >= 0.6 is 31.9 Å². The molecule has 25 heavy (non-hydrogen) atoms. The molecule has 0 saturated carbocycles. The van der Waals surface area contributed by atoms with E-state index in [1.54, 1.807) is 0 Å². The largest absolute Gasteiger partial charge is 0.294 e. The lowest BCUT2D eigenvalue weighted by molar-refractivity contribution is 0.0945. The number of rotatable bonds is 2. The monoisotopic (exact) mass is 464 g/mol. The summed E-state index contributed by atoms with van der Waals surface area (Å²) in [5, 5.41) is 0. The standard InChI is InChI=1S/C13H15BrO.C9H11Br/c1-7(2)9-5-10-4-8(3)13(15)12(10)11(14)6-9;1-7(2)8-4-3-5-9(10)6-8/h5-8H,4H2,1-3H3;3-7H,1-2H3. The Bertz CT molecular complexity index is 763. The summed E-state index contributed by atoms with van der Waals surface area (Å²) in [6.07, 6.45) is 0.896. The molecule has 0 aromatic heterocycles. The molecule has 0 heterocycles. The van der Waals surface area contributed by atoms with Gasteiger partial charge in [0, 0.05) is 20.4 Å². The van der Waals surface area contributed by atoms with Gasteiger partial charge < -0.3 is 0 Å². The maximum atomic E-state index is 11.9. The van der Waals surface area contributed by atoms with E-state index in [0.29, 0.717) is 11.8 Å². The van der Waals surface area contributed by atoms with E-state index < -0.39 is 0 Å². The quantitative estimate of drug-likeness (QED) is 0.448. The Kier molecular flexibility index (Phi) is 7.04. The van der Waals surface area contributed by atoms with Gasteiger partial charge in [-0.3, -0.25) is 4.79 Å². The highest BCUT2D eigenvalue weighted by atomic mass is 79.9.